The molecular weight excluding hydrogens is 811 g/mol. The van der Waals surface area contributed by atoms with Gasteiger partial charge in [0.2, 0.25) is 0 Å². The molecular formula is C64H43N3. The lowest BCUT2D eigenvalue weighted by atomic mass is 9.95. The van der Waals surface area contributed by atoms with Gasteiger partial charge in [-0.25, -0.2) is 0 Å². The number of fused-ring (bicyclic) bond motifs is 7. The van der Waals surface area contributed by atoms with Crippen molar-refractivity contribution in [2.45, 2.75) is 0 Å². The minimum atomic E-state index is 1.08. The Bertz CT molecular complexity index is 3880. The van der Waals surface area contributed by atoms with Crippen molar-refractivity contribution in [3.05, 3.63) is 261 Å². The summed E-state index contributed by atoms with van der Waals surface area (Å²) >= 11 is 0. The highest BCUT2D eigenvalue weighted by molar-refractivity contribution is 6.13. The number of benzene rings is 11. The SMILES string of the molecule is c1ccc(-c2ccc(-c3ccc(N(c4ccc(-n5c6ccccc6c6ccccc65)cc4)c4ccc(-c5ccc6c7ccccc7n(-c7ccccc7)c6c5)c5ccccc45)cc3)cc2)cc1. The van der Waals surface area contributed by atoms with Crippen molar-refractivity contribution in [3.63, 3.8) is 0 Å². The van der Waals surface area contributed by atoms with E-state index in [1.807, 2.05) is 0 Å². The first kappa shape index (κ1) is 38.5. The Kier molecular flexibility index (Phi) is 9.17. The van der Waals surface area contributed by atoms with Gasteiger partial charge in [-0.05, 0) is 118 Å². The first-order valence-corrected chi connectivity index (χ1v) is 23.0. The van der Waals surface area contributed by atoms with Gasteiger partial charge in [0.05, 0.1) is 27.8 Å². The van der Waals surface area contributed by atoms with E-state index >= 15 is 0 Å². The molecule has 0 aliphatic heterocycles. The second-order valence-electron chi connectivity index (χ2n) is 17.3. The van der Waals surface area contributed by atoms with Crippen molar-refractivity contribution in [2.75, 3.05) is 4.90 Å². The van der Waals surface area contributed by atoms with Crippen molar-refractivity contribution in [1.29, 1.82) is 0 Å². The summed E-state index contributed by atoms with van der Waals surface area (Å²) in [5.41, 5.74) is 17.5. The van der Waals surface area contributed by atoms with Gasteiger partial charge in [0.1, 0.15) is 0 Å². The summed E-state index contributed by atoms with van der Waals surface area (Å²) < 4.78 is 4.78. The number of anilines is 3. The second-order valence-corrected chi connectivity index (χ2v) is 17.3. The number of hydrogen-bond donors (Lipinski definition) is 0. The Morgan fingerprint density at radius 2 is 0.627 bits per heavy atom. The third-order valence-corrected chi connectivity index (χ3v) is 13.5. The molecule has 2 aromatic heterocycles. The molecule has 67 heavy (non-hydrogen) atoms. The molecule has 0 radical (unpaired) electrons. The molecule has 2 heterocycles. The Balaban J connectivity index is 0.950. The molecule has 13 aromatic rings. The predicted octanol–water partition coefficient (Wildman–Crippen LogP) is 17.5. The number of para-hydroxylation sites is 4. The van der Waals surface area contributed by atoms with Crippen LogP contribution in [-0.2, 0) is 0 Å². The monoisotopic (exact) mass is 853 g/mol. The zero-order chi connectivity index (χ0) is 44.3. The van der Waals surface area contributed by atoms with Crippen LogP contribution in [-0.4, -0.2) is 9.13 Å². The smallest absolute Gasteiger partial charge is 0.0547 e. The highest BCUT2D eigenvalue weighted by atomic mass is 15.1. The average Bonchev–Trinajstić information content (AvgIpc) is 3.92. The first-order valence-electron chi connectivity index (χ1n) is 23.0. The maximum absolute atomic E-state index is 2.42. The fraction of sp³-hybridized carbons (Fsp3) is 0. The molecule has 0 saturated carbocycles. The zero-order valence-corrected chi connectivity index (χ0v) is 36.7. The highest BCUT2D eigenvalue weighted by Gasteiger charge is 2.20. The molecule has 13 rings (SSSR count). The molecule has 0 atom stereocenters. The fourth-order valence-electron chi connectivity index (χ4n) is 10.4. The lowest BCUT2D eigenvalue weighted by molar-refractivity contribution is 1.17. The van der Waals surface area contributed by atoms with Gasteiger partial charge in [-0.1, -0.05) is 182 Å². The standard InChI is InChI=1S/C64H43N3/c1-3-15-44(16-4-1)45-27-29-46(30-28-45)47-31-34-50(35-32-47)65(51-36-38-52(39-37-51)66-60-24-12-9-21-56(60)57-22-10-13-25-61(57)66)63-42-41-53(54-19-7-8-20-55(54)63)48-33-40-59-58-23-11-14-26-62(58)67(64(59)43-48)49-17-5-2-6-18-49/h1-43H. The van der Waals surface area contributed by atoms with E-state index in [0.717, 1.165) is 28.4 Å². The molecule has 3 heteroatoms. The third-order valence-electron chi connectivity index (χ3n) is 13.5. The van der Waals surface area contributed by atoms with Crippen LogP contribution in [0.1, 0.15) is 0 Å². The van der Waals surface area contributed by atoms with Crippen LogP contribution in [0.4, 0.5) is 17.1 Å². The van der Waals surface area contributed by atoms with Crippen molar-refractivity contribution in [2.24, 2.45) is 0 Å². The quantitative estimate of drug-likeness (QED) is 0.148. The summed E-state index contributed by atoms with van der Waals surface area (Å²) in [6.45, 7) is 0. The van der Waals surface area contributed by atoms with Crippen molar-refractivity contribution in [3.8, 4) is 44.8 Å². The van der Waals surface area contributed by atoms with Gasteiger partial charge in [0, 0.05) is 49.7 Å². The van der Waals surface area contributed by atoms with Crippen LogP contribution in [0.2, 0.25) is 0 Å². The Morgan fingerprint density at radius 1 is 0.239 bits per heavy atom. The van der Waals surface area contributed by atoms with E-state index in [2.05, 4.69) is 275 Å². The maximum Gasteiger partial charge on any atom is 0.0547 e. The zero-order valence-electron chi connectivity index (χ0n) is 36.7. The topological polar surface area (TPSA) is 13.1 Å². The number of hydrogen-bond acceptors (Lipinski definition) is 1. The van der Waals surface area contributed by atoms with Crippen LogP contribution in [0.3, 0.4) is 0 Å². The Labute approximate surface area is 389 Å². The third kappa shape index (κ3) is 6.51. The molecule has 0 saturated heterocycles. The average molecular weight is 854 g/mol. The molecule has 0 unspecified atom stereocenters. The molecule has 0 aliphatic carbocycles. The molecule has 0 bridgehead atoms. The van der Waals surface area contributed by atoms with Crippen molar-refractivity contribution < 1.29 is 0 Å². The van der Waals surface area contributed by atoms with Gasteiger partial charge in [-0.2, -0.15) is 0 Å². The normalized spacial score (nSPS) is 11.6. The van der Waals surface area contributed by atoms with Gasteiger partial charge >= 0.3 is 0 Å². The highest BCUT2D eigenvalue weighted by Crippen LogP contribution is 2.44. The first-order chi connectivity index (χ1) is 33.2. The molecule has 11 aromatic carbocycles. The molecule has 0 amide bonds. The van der Waals surface area contributed by atoms with Gasteiger partial charge in [0.25, 0.3) is 0 Å². The number of rotatable bonds is 8. The van der Waals surface area contributed by atoms with Crippen LogP contribution in [0, 0.1) is 0 Å². The van der Waals surface area contributed by atoms with E-state index in [1.165, 1.54) is 87.8 Å². The molecule has 3 nitrogen and oxygen atoms in total. The van der Waals surface area contributed by atoms with E-state index in [0.29, 0.717) is 0 Å². The maximum atomic E-state index is 2.42. The van der Waals surface area contributed by atoms with Crippen LogP contribution in [0.15, 0.2) is 261 Å². The lowest BCUT2D eigenvalue weighted by Gasteiger charge is -2.28. The summed E-state index contributed by atoms with van der Waals surface area (Å²) in [6, 6.07) is 94.9. The van der Waals surface area contributed by atoms with Crippen LogP contribution in [0.5, 0.6) is 0 Å². The Hall–Kier alpha value is -8.92. The summed E-state index contributed by atoms with van der Waals surface area (Å²) in [5.74, 6) is 0. The minimum absolute atomic E-state index is 1.08. The molecule has 314 valence electrons. The number of aromatic nitrogens is 2. The van der Waals surface area contributed by atoms with Crippen LogP contribution < -0.4 is 4.90 Å². The molecule has 0 N–H and O–H groups in total. The summed E-state index contributed by atoms with van der Waals surface area (Å²) in [6.07, 6.45) is 0. The van der Waals surface area contributed by atoms with E-state index in [4.69, 9.17) is 0 Å². The summed E-state index contributed by atoms with van der Waals surface area (Å²) in [5, 5.41) is 7.38. The van der Waals surface area contributed by atoms with E-state index < -0.39 is 0 Å². The van der Waals surface area contributed by atoms with E-state index in [9.17, 15) is 0 Å². The van der Waals surface area contributed by atoms with Gasteiger partial charge < -0.3 is 14.0 Å². The van der Waals surface area contributed by atoms with E-state index in [-0.39, 0.29) is 0 Å². The predicted molar refractivity (Wildman–Crippen MR) is 284 cm³/mol. The largest absolute Gasteiger partial charge is 0.310 e. The van der Waals surface area contributed by atoms with Gasteiger partial charge in [-0.3, -0.25) is 0 Å². The van der Waals surface area contributed by atoms with Gasteiger partial charge in [-0.15, -0.1) is 0 Å². The minimum Gasteiger partial charge on any atom is -0.310 e. The van der Waals surface area contributed by atoms with Crippen LogP contribution >= 0.6 is 0 Å². The Morgan fingerprint density at radius 3 is 1.19 bits per heavy atom. The fourth-order valence-corrected chi connectivity index (χ4v) is 10.4. The second kappa shape index (κ2) is 16.0. The van der Waals surface area contributed by atoms with Crippen molar-refractivity contribution >= 4 is 71.4 Å². The summed E-state index contributed by atoms with van der Waals surface area (Å²) in [7, 11) is 0. The number of nitrogens with zero attached hydrogens (tertiary/aromatic N) is 3. The molecule has 0 fully saturated rings. The lowest BCUT2D eigenvalue weighted by Crippen LogP contribution is -2.11. The van der Waals surface area contributed by atoms with Crippen LogP contribution in [0.25, 0.3) is 99.1 Å². The molecule has 0 spiro atoms. The summed E-state index contributed by atoms with van der Waals surface area (Å²) in [4.78, 5) is 2.42. The van der Waals surface area contributed by atoms with E-state index in [1.54, 1.807) is 0 Å². The molecule has 0 aliphatic rings. The van der Waals surface area contributed by atoms with Gasteiger partial charge in [0.15, 0.2) is 0 Å². The van der Waals surface area contributed by atoms with Crippen molar-refractivity contribution in [1.82, 2.24) is 9.13 Å².